The van der Waals surface area contributed by atoms with Crippen LogP contribution in [0.25, 0.3) is 10.2 Å². The van der Waals surface area contributed by atoms with Crippen molar-refractivity contribution in [3.8, 4) is 0 Å². The molecule has 0 aliphatic rings. The number of thiazole rings is 1. The zero-order valence-corrected chi connectivity index (χ0v) is 16.3. The van der Waals surface area contributed by atoms with Crippen molar-refractivity contribution in [2.24, 2.45) is 0 Å². The number of aryl methyl sites for hydroxylation is 2. The molecule has 6 nitrogen and oxygen atoms in total. The normalized spacial score (nSPS) is 10.9. The fourth-order valence-electron chi connectivity index (χ4n) is 2.37. The van der Waals surface area contributed by atoms with Gasteiger partial charge in [0.2, 0.25) is 5.76 Å². The van der Waals surface area contributed by atoms with Crippen LogP contribution in [0.5, 0.6) is 0 Å². The zero-order valence-electron chi connectivity index (χ0n) is 14.6. The molecule has 0 radical (unpaired) electrons. The molecule has 0 spiro atoms. The first kappa shape index (κ1) is 19.4. The first-order valence-electron chi connectivity index (χ1n) is 7.71. The van der Waals surface area contributed by atoms with Gasteiger partial charge < -0.3 is 9.42 Å². The minimum atomic E-state index is -0.220. The van der Waals surface area contributed by atoms with E-state index in [1.54, 1.807) is 11.0 Å². The van der Waals surface area contributed by atoms with Crippen LogP contribution in [-0.4, -0.2) is 48.1 Å². The molecule has 3 rings (SSSR count). The highest BCUT2D eigenvalue weighted by molar-refractivity contribution is 7.22. The van der Waals surface area contributed by atoms with Crippen LogP contribution in [0, 0.1) is 13.8 Å². The van der Waals surface area contributed by atoms with Crippen LogP contribution in [-0.2, 0) is 0 Å². The lowest BCUT2D eigenvalue weighted by Gasteiger charge is -2.20. The van der Waals surface area contributed by atoms with Gasteiger partial charge in [-0.2, -0.15) is 0 Å². The smallest absolute Gasteiger partial charge is 0.298 e. The summed E-state index contributed by atoms with van der Waals surface area (Å²) in [7, 11) is 3.95. The average Bonchev–Trinajstić information content (AvgIpc) is 3.20. The number of likely N-dealkylation sites (N-methyl/N-ethyl adjacent to an activating group) is 1. The van der Waals surface area contributed by atoms with E-state index in [1.165, 1.54) is 23.1 Å². The maximum atomic E-state index is 12.8. The number of halogens is 1. The summed E-state index contributed by atoms with van der Waals surface area (Å²) in [6, 6.07) is 5.72. The lowest BCUT2D eigenvalue weighted by molar-refractivity contribution is 0.0949. The van der Waals surface area contributed by atoms with Crippen LogP contribution in [0.4, 0.5) is 5.13 Å². The summed E-state index contributed by atoms with van der Waals surface area (Å²) in [5.41, 5.74) is 3.30. The number of nitrogens with zero attached hydrogens (tertiary/aromatic N) is 4. The number of carbonyl (C=O) groups is 1. The highest BCUT2D eigenvalue weighted by Crippen LogP contribution is 2.32. The van der Waals surface area contributed by atoms with Crippen LogP contribution in [0.2, 0.25) is 0 Å². The Hall–Kier alpha value is -1.96. The molecule has 2 heterocycles. The standard InChI is InChI=1S/C17H20N4O2S.ClH/c1-11-5-6-14-15(12(11)2)19-17(24-14)21(10-9-20(3)4)16(22)13-7-8-18-23-13;/h5-8H,9-10H2,1-4H3;1H. The summed E-state index contributed by atoms with van der Waals surface area (Å²) in [4.78, 5) is 21.2. The number of hydrogen-bond donors (Lipinski definition) is 0. The van der Waals surface area contributed by atoms with Crippen molar-refractivity contribution in [2.45, 2.75) is 13.8 Å². The van der Waals surface area contributed by atoms with Crippen molar-refractivity contribution in [1.29, 1.82) is 0 Å². The zero-order chi connectivity index (χ0) is 17.3. The molecule has 0 bridgehead atoms. The number of anilines is 1. The minimum Gasteiger partial charge on any atom is -0.351 e. The third-order valence-corrected chi connectivity index (χ3v) is 5.01. The first-order chi connectivity index (χ1) is 11.5. The van der Waals surface area contributed by atoms with Gasteiger partial charge in [0.15, 0.2) is 5.13 Å². The van der Waals surface area contributed by atoms with E-state index in [1.807, 2.05) is 19.0 Å². The molecule has 0 unspecified atom stereocenters. The van der Waals surface area contributed by atoms with Crippen LogP contribution in [0.1, 0.15) is 21.7 Å². The molecular formula is C17H21ClN4O2S. The van der Waals surface area contributed by atoms with Gasteiger partial charge in [0.1, 0.15) is 0 Å². The monoisotopic (exact) mass is 380 g/mol. The number of benzene rings is 1. The Bertz CT molecular complexity index is 861. The molecule has 0 aliphatic carbocycles. The van der Waals surface area contributed by atoms with Gasteiger partial charge in [-0.05, 0) is 45.1 Å². The minimum absolute atomic E-state index is 0. The maximum absolute atomic E-state index is 12.8. The highest BCUT2D eigenvalue weighted by Gasteiger charge is 2.24. The van der Waals surface area contributed by atoms with Gasteiger partial charge in [-0.3, -0.25) is 9.69 Å². The molecule has 0 atom stereocenters. The second-order valence-electron chi connectivity index (χ2n) is 5.99. The number of carbonyl (C=O) groups excluding carboxylic acids is 1. The van der Waals surface area contributed by atoms with Crippen LogP contribution < -0.4 is 4.90 Å². The highest BCUT2D eigenvalue weighted by atomic mass is 35.5. The van der Waals surface area contributed by atoms with Gasteiger partial charge in [0.25, 0.3) is 5.91 Å². The Labute approximate surface area is 156 Å². The van der Waals surface area contributed by atoms with E-state index >= 15 is 0 Å². The molecule has 3 aromatic rings. The van der Waals surface area contributed by atoms with Crippen LogP contribution >= 0.6 is 23.7 Å². The molecule has 2 aromatic heterocycles. The molecule has 0 fully saturated rings. The fourth-order valence-corrected chi connectivity index (χ4v) is 3.42. The quantitative estimate of drug-likeness (QED) is 0.677. The van der Waals surface area contributed by atoms with Crippen molar-refractivity contribution >= 4 is 45.0 Å². The Kier molecular flexibility index (Phi) is 6.16. The Balaban J connectivity index is 0.00000225. The summed E-state index contributed by atoms with van der Waals surface area (Å²) < 4.78 is 6.12. The van der Waals surface area contributed by atoms with E-state index in [0.29, 0.717) is 11.7 Å². The van der Waals surface area contributed by atoms with E-state index in [0.717, 1.165) is 22.3 Å². The van der Waals surface area contributed by atoms with Gasteiger partial charge in [-0.1, -0.05) is 22.6 Å². The summed E-state index contributed by atoms with van der Waals surface area (Å²) in [5, 5.41) is 4.32. The molecular weight excluding hydrogens is 360 g/mol. The predicted octanol–water partition coefficient (Wildman–Crippen LogP) is 3.53. The molecule has 1 amide bonds. The Morgan fingerprint density at radius 1 is 1.20 bits per heavy atom. The average molecular weight is 381 g/mol. The number of rotatable bonds is 5. The molecule has 0 N–H and O–H groups in total. The molecule has 134 valence electrons. The summed E-state index contributed by atoms with van der Waals surface area (Å²) in [5.74, 6) is 0.00342. The van der Waals surface area contributed by atoms with Crippen molar-refractivity contribution in [3.05, 3.63) is 41.3 Å². The molecule has 1 aromatic carbocycles. The van der Waals surface area contributed by atoms with E-state index in [2.05, 4.69) is 31.1 Å². The second kappa shape index (κ2) is 7.95. The van der Waals surface area contributed by atoms with Gasteiger partial charge in [-0.25, -0.2) is 4.98 Å². The topological polar surface area (TPSA) is 62.5 Å². The van der Waals surface area contributed by atoms with Crippen molar-refractivity contribution < 1.29 is 9.32 Å². The summed E-state index contributed by atoms with van der Waals surface area (Å²) in [6.45, 7) is 5.39. The molecule has 0 saturated heterocycles. The predicted molar refractivity (Wildman–Crippen MR) is 103 cm³/mol. The lowest BCUT2D eigenvalue weighted by Crippen LogP contribution is -2.36. The van der Waals surface area contributed by atoms with Crippen LogP contribution in [0.15, 0.2) is 28.9 Å². The number of aromatic nitrogens is 2. The molecule has 0 aliphatic heterocycles. The first-order valence-corrected chi connectivity index (χ1v) is 8.53. The Morgan fingerprint density at radius 3 is 2.60 bits per heavy atom. The van der Waals surface area contributed by atoms with Crippen LogP contribution in [0.3, 0.4) is 0 Å². The number of fused-ring (bicyclic) bond motifs is 1. The summed E-state index contributed by atoms with van der Waals surface area (Å²) >= 11 is 1.52. The largest absolute Gasteiger partial charge is 0.351 e. The van der Waals surface area contributed by atoms with Gasteiger partial charge in [0, 0.05) is 19.2 Å². The van der Waals surface area contributed by atoms with E-state index in [-0.39, 0.29) is 24.1 Å². The number of amides is 1. The lowest BCUT2D eigenvalue weighted by atomic mass is 10.1. The summed E-state index contributed by atoms with van der Waals surface area (Å²) in [6.07, 6.45) is 1.48. The van der Waals surface area contributed by atoms with Crippen molar-refractivity contribution in [2.75, 3.05) is 32.1 Å². The SMILES string of the molecule is Cc1ccc2sc(N(CCN(C)C)C(=O)c3ccno3)nc2c1C.Cl. The maximum Gasteiger partial charge on any atom is 0.298 e. The van der Waals surface area contributed by atoms with Gasteiger partial charge in [-0.15, -0.1) is 12.4 Å². The van der Waals surface area contributed by atoms with E-state index in [9.17, 15) is 4.79 Å². The van der Waals surface area contributed by atoms with Crippen molar-refractivity contribution in [3.63, 3.8) is 0 Å². The van der Waals surface area contributed by atoms with E-state index in [4.69, 9.17) is 9.51 Å². The van der Waals surface area contributed by atoms with Crippen molar-refractivity contribution in [1.82, 2.24) is 15.0 Å². The fraction of sp³-hybridized carbons (Fsp3) is 0.353. The molecule has 8 heteroatoms. The van der Waals surface area contributed by atoms with Gasteiger partial charge >= 0.3 is 0 Å². The third-order valence-electron chi connectivity index (χ3n) is 3.97. The van der Waals surface area contributed by atoms with Gasteiger partial charge in [0.05, 0.1) is 16.4 Å². The molecule has 25 heavy (non-hydrogen) atoms. The van der Waals surface area contributed by atoms with E-state index < -0.39 is 0 Å². The molecule has 0 saturated carbocycles. The Morgan fingerprint density at radius 2 is 1.96 bits per heavy atom. The second-order valence-corrected chi connectivity index (χ2v) is 7.00. The number of hydrogen-bond acceptors (Lipinski definition) is 6. The third kappa shape index (κ3) is 4.00.